The van der Waals surface area contributed by atoms with Gasteiger partial charge in [0.1, 0.15) is 17.8 Å². The van der Waals surface area contributed by atoms with Crippen LogP contribution in [0.1, 0.15) is 52.0 Å². The van der Waals surface area contributed by atoms with Crippen molar-refractivity contribution in [2.45, 2.75) is 65.0 Å². The lowest BCUT2D eigenvalue weighted by atomic mass is 9.77. The summed E-state index contributed by atoms with van der Waals surface area (Å²) < 4.78 is 5.64. The molecule has 1 aromatic carbocycles. The van der Waals surface area contributed by atoms with Crippen molar-refractivity contribution in [1.29, 1.82) is 0 Å². The molecule has 1 aromatic rings. The van der Waals surface area contributed by atoms with Gasteiger partial charge in [0, 0.05) is 5.69 Å². The molecule has 0 atom stereocenters. The Kier molecular flexibility index (Phi) is 5.63. The molecule has 2 N–H and O–H groups in total. The van der Waals surface area contributed by atoms with E-state index in [0.29, 0.717) is 24.4 Å². The summed E-state index contributed by atoms with van der Waals surface area (Å²) in [5.74, 6) is 0.605. The summed E-state index contributed by atoms with van der Waals surface area (Å²) in [5, 5.41) is 5.63. The van der Waals surface area contributed by atoms with Crippen molar-refractivity contribution in [2.75, 3.05) is 11.9 Å². The molecule has 0 bridgehead atoms. The van der Waals surface area contributed by atoms with Gasteiger partial charge in [-0.1, -0.05) is 6.92 Å². The van der Waals surface area contributed by atoms with E-state index in [-0.39, 0.29) is 18.6 Å². The van der Waals surface area contributed by atoms with Crippen molar-refractivity contribution >= 4 is 23.5 Å². The number of hydrogen-bond acceptors (Lipinski definition) is 4. The molecule has 0 radical (unpaired) electrons. The molecule has 1 spiro atoms. The maximum atomic E-state index is 12.8. The first-order valence-corrected chi connectivity index (χ1v) is 9.91. The number of carbonyl (C=O) groups is 3. The van der Waals surface area contributed by atoms with Crippen molar-refractivity contribution in [3.05, 3.63) is 23.8 Å². The van der Waals surface area contributed by atoms with Crippen LogP contribution in [-0.4, -0.2) is 40.9 Å². The van der Waals surface area contributed by atoms with Crippen molar-refractivity contribution in [2.24, 2.45) is 5.92 Å². The molecule has 1 saturated carbocycles. The highest BCUT2D eigenvalue weighted by Gasteiger charge is 2.52. The van der Waals surface area contributed by atoms with Crippen LogP contribution in [0, 0.1) is 12.8 Å². The van der Waals surface area contributed by atoms with E-state index in [0.717, 1.165) is 29.1 Å². The van der Waals surface area contributed by atoms with Gasteiger partial charge in [-0.15, -0.1) is 0 Å². The number of benzene rings is 1. The number of nitrogens with one attached hydrogen (secondary N) is 2. The lowest BCUT2D eigenvalue weighted by molar-refractivity contribution is -0.135. The van der Waals surface area contributed by atoms with Crippen molar-refractivity contribution in [3.63, 3.8) is 0 Å². The fourth-order valence-corrected chi connectivity index (χ4v) is 3.87. The predicted molar refractivity (Wildman–Crippen MR) is 106 cm³/mol. The highest BCUT2D eigenvalue weighted by atomic mass is 16.5. The van der Waals surface area contributed by atoms with Crippen molar-refractivity contribution < 1.29 is 19.1 Å². The molecule has 7 nitrogen and oxygen atoms in total. The predicted octanol–water partition coefficient (Wildman–Crippen LogP) is 3.22. The van der Waals surface area contributed by atoms with E-state index in [4.69, 9.17) is 4.74 Å². The number of ether oxygens (including phenoxy) is 1. The number of hydrogen-bond donors (Lipinski definition) is 2. The summed E-state index contributed by atoms with van der Waals surface area (Å²) in [6.07, 6.45) is 3.13. The summed E-state index contributed by atoms with van der Waals surface area (Å²) in [6, 6.07) is 4.92. The second-order valence-electron chi connectivity index (χ2n) is 8.28. The Morgan fingerprint density at radius 3 is 2.61 bits per heavy atom. The smallest absolute Gasteiger partial charge is 0.325 e. The van der Waals surface area contributed by atoms with E-state index in [9.17, 15) is 14.4 Å². The van der Waals surface area contributed by atoms with E-state index in [1.54, 1.807) is 12.1 Å². The molecule has 1 aliphatic carbocycles. The molecule has 28 heavy (non-hydrogen) atoms. The quantitative estimate of drug-likeness (QED) is 0.760. The first kappa shape index (κ1) is 20.2. The Labute approximate surface area is 165 Å². The third-order valence-corrected chi connectivity index (χ3v) is 5.52. The number of nitrogens with zero attached hydrogens (tertiary/aromatic N) is 1. The van der Waals surface area contributed by atoms with Crippen LogP contribution < -0.4 is 15.4 Å². The first-order valence-electron chi connectivity index (χ1n) is 9.91. The lowest BCUT2D eigenvalue weighted by Crippen LogP contribution is -2.49. The van der Waals surface area contributed by atoms with Crippen LogP contribution >= 0.6 is 0 Å². The van der Waals surface area contributed by atoms with Crippen LogP contribution in [0.5, 0.6) is 5.75 Å². The maximum Gasteiger partial charge on any atom is 0.325 e. The third kappa shape index (κ3) is 4.13. The zero-order valence-electron chi connectivity index (χ0n) is 17.0. The highest BCUT2D eigenvalue weighted by Crippen LogP contribution is 2.36. The second kappa shape index (κ2) is 7.81. The third-order valence-electron chi connectivity index (χ3n) is 5.52. The monoisotopic (exact) mass is 387 g/mol. The molecule has 152 valence electrons. The molecule has 0 aromatic heterocycles. The summed E-state index contributed by atoms with van der Waals surface area (Å²) in [6.45, 7) is 7.63. The van der Waals surface area contributed by atoms with Gasteiger partial charge in [0.2, 0.25) is 5.91 Å². The Bertz CT molecular complexity index is 782. The van der Waals surface area contributed by atoms with Gasteiger partial charge in [-0.2, -0.15) is 0 Å². The van der Waals surface area contributed by atoms with Crippen molar-refractivity contribution in [1.82, 2.24) is 10.2 Å². The average molecular weight is 387 g/mol. The number of imide groups is 1. The van der Waals surface area contributed by atoms with Crippen LogP contribution in [-0.2, 0) is 9.59 Å². The number of rotatable bonds is 5. The first-order chi connectivity index (χ1) is 13.2. The summed E-state index contributed by atoms with van der Waals surface area (Å²) in [7, 11) is 0. The normalized spacial score (nSPS) is 24.6. The second-order valence-corrected chi connectivity index (χ2v) is 8.28. The Morgan fingerprint density at radius 2 is 2.00 bits per heavy atom. The Balaban J connectivity index is 1.63. The Hall–Kier alpha value is -2.57. The topological polar surface area (TPSA) is 87.7 Å². The molecule has 2 fully saturated rings. The number of amides is 4. The summed E-state index contributed by atoms with van der Waals surface area (Å²) >= 11 is 0. The number of urea groups is 1. The molecule has 2 aliphatic rings. The van der Waals surface area contributed by atoms with Crippen LogP contribution in [0.15, 0.2) is 18.2 Å². The molecule has 3 rings (SSSR count). The maximum absolute atomic E-state index is 12.8. The van der Waals surface area contributed by atoms with Gasteiger partial charge < -0.3 is 15.4 Å². The van der Waals surface area contributed by atoms with Gasteiger partial charge in [0.05, 0.1) is 6.10 Å². The average Bonchev–Trinajstić information content (AvgIpc) is 2.84. The Morgan fingerprint density at radius 1 is 1.32 bits per heavy atom. The molecule has 1 aliphatic heterocycles. The van der Waals surface area contributed by atoms with E-state index in [1.807, 2.05) is 26.8 Å². The van der Waals surface area contributed by atoms with Gasteiger partial charge in [-0.25, -0.2) is 4.79 Å². The standard InChI is InChI=1S/C21H29N3O4/c1-13(2)28-16-5-6-17(15(4)11-16)22-18(25)12-24-19(26)21(23-20(24)27)9-7-14(3)8-10-21/h5-6,11,13-14H,7-10,12H2,1-4H3,(H,22,25)(H,23,27). The lowest BCUT2D eigenvalue weighted by Gasteiger charge is -2.33. The largest absolute Gasteiger partial charge is 0.491 e. The van der Waals surface area contributed by atoms with E-state index in [2.05, 4.69) is 17.6 Å². The van der Waals surface area contributed by atoms with Crippen LogP contribution in [0.25, 0.3) is 0 Å². The number of carbonyl (C=O) groups excluding carboxylic acids is 3. The fourth-order valence-electron chi connectivity index (χ4n) is 3.87. The van der Waals surface area contributed by atoms with E-state index >= 15 is 0 Å². The molecule has 4 amide bonds. The van der Waals surface area contributed by atoms with Gasteiger partial charge in [-0.05, 0) is 76.1 Å². The summed E-state index contributed by atoms with van der Waals surface area (Å²) in [5.41, 5.74) is 0.658. The molecule has 0 unspecified atom stereocenters. The molecular weight excluding hydrogens is 358 g/mol. The van der Waals surface area contributed by atoms with E-state index < -0.39 is 17.5 Å². The zero-order chi connectivity index (χ0) is 20.5. The van der Waals surface area contributed by atoms with E-state index in [1.165, 1.54) is 0 Å². The molecule has 1 heterocycles. The van der Waals surface area contributed by atoms with Gasteiger partial charge in [0.15, 0.2) is 0 Å². The van der Waals surface area contributed by atoms with Crippen LogP contribution in [0.4, 0.5) is 10.5 Å². The zero-order valence-corrected chi connectivity index (χ0v) is 17.0. The van der Waals surface area contributed by atoms with Gasteiger partial charge in [0.25, 0.3) is 5.91 Å². The minimum absolute atomic E-state index is 0.0645. The van der Waals surface area contributed by atoms with Crippen LogP contribution in [0.2, 0.25) is 0 Å². The van der Waals surface area contributed by atoms with Gasteiger partial charge in [-0.3, -0.25) is 14.5 Å². The summed E-state index contributed by atoms with van der Waals surface area (Å²) in [4.78, 5) is 38.7. The van der Waals surface area contributed by atoms with Gasteiger partial charge >= 0.3 is 6.03 Å². The number of aryl methyl sites for hydroxylation is 1. The fraction of sp³-hybridized carbons (Fsp3) is 0.571. The molecule has 7 heteroatoms. The highest BCUT2D eigenvalue weighted by molar-refractivity contribution is 6.10. The SMILES string of the molecule is Cc1cc(OC(C)C)ccc1NC(=O)CN1C(=O)NC2(CCC(C)CC2)C1=O. The number of anilines is 1. The minimum Gasteiger partial charge on any atom is -0.491 e. The molecular formula is C21H29N3O4. The van der Waals surface area contributed by atoms with Crippen LogP contribution in [0.3, 0.4) is 0 Å². The molecule has 1 saturated heterocycles. The minimum atomic E-state index is -0.824. The van der Waals surface area contributed by atoms with Crippen molar-refractivity contribution in [3.8, 4) is 5.75 Å².